The molecule has 3 N–H and O–H groups in total. The van der Waals surface area contributed by atoms with Gasteiger partial charge in [-0.05, 0) is 84.4 Å². The maximum Gasteiger partial charge on any atom is 0.416 e. The van der Waals surface area contributed by atoms with Crippen molar-refractivity contribution in [2.75, 3.05) is 71.2 Å². The van der Waals surface area contributed by atoms with Crippen molar-refractivity contribution in [3.05, 3.63) is 132 Å². The standard InChI is InChI=1S/C22H23BrF4N2O.C14H20F3N3.C7H4BrFO2/c1-2-28-5-7-29(8-6-28)14-16-4-3-15(9-20(16)22(25,26)27)10-21(30)17-11-18(23)13-19(24)12-17;1-2-19-5-7-20(8-6-19)10-11-3-4-12(18)9-13(11)14(15,16)17;8-5-1-4(7(10)11)2-6(9)3-5/h3-4,9,11-13H,2,5-8,10,14H2,1H3;3-4,9H,2,5-8,10,18H2,1H3;1-3H,(H,10,11). The highest BCUT2D eigenvalue weighted by Crippen LogP contribution is 2.35. The average Bonchev–Trinajstić information content (AvgIpc) is 3.18. The lowest BCUT2D eigenvalue weighted by atomic mass is 9.97. The molecule has 8 nitrogen and oxygen atoms in total. The van der Waals surface area contributed by atoms with Gasteiger partial charge in [0.25, 0.3) is 0 Å². The van der Waals surface area contributed by atoms with E-state index >= 15 is 0 Å². The molecule has 0 saturated carbocycles. The van der Waals surface area contributed by atoms with E-state index in [1.54, 1.807) is 6.07 Å². The van der Waals surface area contributed by atoms with Crippen LogP contribution in [0.2, 0.25) is 0 Å². The number of likely N-dealkylation sites (N-methyl/N-ethyl adjacent to an activating group) is 2. The Bertz CT molecular complexity index is 2070. The van der Waals surface area contributed by atoms with Crippen LogP contribution in [0.1, 0.15) is 62.4 Å². The SMILES string of the molecule is CCN1CCN(Cc2ccc(CC(=O)c3cc(F)cc(Br)c3)cc2C(F)(F)F)CC1.CCN1CCN(Cc2ccc(N)cc2C(F)(F)F)CC1.O=C(O)c1cc(F)cc(Br)c1. The highest BCUT2D eigenvalue weighted by Gasteiger charge is 2.35. The predicted molar refractivity (Wildman–Crippen MR) is 225 cm³/mol. The first-order valence-electron chi connectivity index (χ1n) is 19.4. The number of ketones is 1. The van der Waals surface area contributed by atoms with Crippen LogP contribution in [0.25, 0.3) is 0 Å². The van der Waals surface area contributed by atoms with Crippen molar-refractivity contribution in [2.45, 2.75) is 45.7 Å². The van der Waals surface area contributed by atoms with Crippen molar-refractivity contribution < 1.29 is 49.8 Å². The summed E-state index contributed by atoms with van der Waals surface area (Å²) in [4.78, 5) is 31.4. The second-order valence-corrected chi connectivity index (χ2v) is 16.4. The van der Waals surface area contributed by atoms with E-state index in [4.69, 9.17) is 10.8 Å². The summed E-state index contributed by atoms with van der Waals surface area (Å²) in [5.41, 5.74) is 5.12. The number of nitrogen functional groups attached to an aromatic ring is 1. The lowest BCUT2D eigenvalue weighted by molar-refractivity contribution is -0.139. The molecular formula is C43H47Br2F8N5O3. The Morgan fingerprint density at radius 3 is 1.44 bits per heavy atom. The molecule has 4 aromatic carbocycles. The molecule has 2 saturated heterocycles. The quantitative estimate of drug-likeness (QED) is 0.0923. The lowest BCUT2D eigenvalue weighted by Crippen LogP contribution is -2.45. The summed E-state index contributed by atoms with van der Waals surface area (Å²) < 4.78 is 107. The van der Waals surface area contributed by atoms with Gasteiger partial charge in [0.1, 0.15) is 11.6 Å². The fourth-order valence-electron chi connectivity index (χ4n) is 6.82. The number of benzene rings is 4. The first kappa shape index (κ1) is 49.7. The molecule has 2 aliphatic rings. The van der Waals surface area contributed by atoms with Gasteiger partial charge in [-0.3, -0.25) is 14.6 Å². The number of rotatable bonds is 10. The average molecular weight is 994 g/mol. The molecule has 0 atom stereocenters. The molecule has 0 amide bonds. The van der Waals surface area contributed by atoms with E-state index in [2.05, 4.69) is 60.4 Å². The van der Waals surface area contributed by atoms with Crippen molar-refractivity contribution >= 4 is 49.3 Å². The zero-order valence-corrected chi connectivity index (χ0v) is 36.7. The Morgan fingerprint density at radius 2 is 1.02 bits per heavy atom. The zero-order chi connectivity index (χ0) is 45.1. The minimum absolute atomic E-state index is 0.0584. The molecule has 0 radical (unpaired) electrons. The summed E-state index contributed by atoms with van der Waals surface area (Å²) in [6.45, 7) is 13.2. The molecule has 332 valence electrons. The van der Waals surface area contributed by atoms with Gasteiger partial charge in [0, 0.05) is 92.1 Å². The molecule has 18 heteroatoms. The maximum absolute atomic E-state index is 13.7. The summed E-state index contributed by atoms with van der Waals surface area (Å²) in [5.74, 6) is -2.71. The topological polar surface area (TPSA) is 93.4 Å². The number of carboxylic acid groups (broad SMARTS) is 1. The summed E-state index contributed by atoms with van der Waals surface area (Å²) in [5, 5.41) is 8.45. The van der Waals surface area contributed by atoms with Gasteiger partial charge >= 0.3 is 18.3 Å². The Labute approximate surface area is 366 Å². The van der Waals surface area contributed by atoms with Crippen LogP contribution in [-0.2, 0) is 31.9 Å². The van der Waals surface area contributed by atoms with Gasteiger partial charge in [-0.15, -0.1) is 0 Å². The first-order valence-corrected chi connectivity index (χ1v) is 21.0. The summed E-state index contributed by atoms with van der Waals surface area (Å²) in [6, 6.07) is 15.4. The van der Waals surface area contributed by atoms with E-state index in [1.807, 2.05) is 4.90 Å². The number of piperazine rings is 2. The molecule has 0 aliphatic carbocycles. The number of anilines is 1. The third kappa shape index (κ3) is 15.7. The number of nitrogens with zero attached hydrogens (tertiary/aromatic N) is 4. The number of carbonyl (C=O) groups is 2. The number of aromatic carboxylic acids is 1. The van der Waals surface area contributed by atoms with E-state index in [0.29, 0.717) is 21.1 Å². The van der Waals surface area contributed by atoms with Gasteiger partial charge < -0.3 is 20.6 Å². The van der Waals surface area contributed by atoms with Crippen LogP contribution >= 0.6 is 31.9 Å². The third-order valence-electron chi connectivity index (χ3n) is 10.2. The van der Waals surface area contributed by atoms with Gasteiger partial charge in [0.2, 0.25) is 0 Å². The molecule has 61 heavy (non-hydrogen) atoms. The highest BCUT2D eigenvalue weighted by molar-refractivity contribution is 9.10. The fourth-order valence-corrected chi connectivity index (χ4v) is 7.75. The van der Waals surface area contributed by atoms with E-state index < -0.39 is 46.9 Å². The Morgan fingerprint density at radius 1 is 0.607 bits per heavy atom. The minimum atomic E-state index is -4.51. The van der Waals surface area contributed by atoms with Crippen LogP contribution in [0.3, 0.4) is 0 Å². The number of alkyl halides is 6. The van der Waals surface area contributed by atoms with Crippen LogP contribution in [0, 0.1) is 11.6 Å². The predicted octanol–water partition coefficient (Wildman–Crippen LogP) is 9.88. The fraction of sp³-hybridized carbons (Fsp3) is 0.395. The number of carboxylic acids is 1. The molecule has 6 rings (SSSR count). The van der Waals surface area contributed by atoms with Gasteiger partial charge in [-0.2, -0.15) is 26.3 Å². The highest BCUT2D eigenvalue weighted by atomic mass is 79.9. The number of Topliss-reactive ketones (excluding diaryl/α,β-unsaturated/α-hetero) is 1. The molecule has 0 bridgehead atoms. The molecule has 0 unspecified atom stereocenters. The second-order valence-electron chi connectivity index (χ2n) is 14.5. The molecule has 0 spiro atoms. The molecule has 2 fully saturated rings. The summed E-state index contributed by atoms with van der Waals surface area (Å²) >= 11 is 6.10. The van der Waals surface area contributed by atoms with Crippen molar-refractivity contribution in [1.82, 2.24) is 19.6 Å². The Kier molecular flexibility index (Phi) is 18.3. The van der Waals surface area contributed by atoms with Crippen molar-refractivity contribution in [1.29, 1.82) is 0 Å². The number of nitrogens with two attached hydrogens (primary N) is 1. The monoisotopic (exact) mass is 991 g/mol. The van der Waals surface area contributed by atoms with Crippen LogP contribution < -0.4 is 5.73 Å². The third-order valence-corrected chi connectivity index (χ3v) is 11.1. The molecule has 0 aromatic heterocycles. The Hall–Kier alpha value is -3.94. The number of carbonyl (C=O) groups excluding carboxylic acids is 1. The Balaban J connectivity index is 0.000000226. The molecule has 4 aromatic rings. The lowest BCUT2D eigenvalue weighted by Gasteiger charge is -2.34. The number of hydrogen-bond donors (Lipinski definition) is 2. The van der Waals surface area contributed by atoms with E-state index in [1.165, 1.54) is 42.5 Å². The van der Waals surface area contributed by atoms with Crippen LogP contribution in [-0.4, -0.2) is 102 Å². The first-order chi connectivity index (χ1) is 28.6. The van der Waals surface area contributed by atoms with Gasteiger partial charge in [0.15, 0.2) is 5.78 Å². The van der Waals surface area contributed by atoms with Crippen molar-refractivity contribution in [3.63, 3.8) is 0 Å². The van der Waals surface area contributed by atoms with Crippen LogP contribution in [0.15, 0.2) is 81.7 Å². The van der Waals surface area contributed by atoms with Gasteiger partial charge in [0.05, 0.1) is 16.7 Å². The van der Waals surface area contributed by atoms with Crippen molar-refractivity contribution in [3.8, 4) is 0 Å². The largest absolute Gasteiger partial charge is 0.478 e. The summed E-state index contributed by atoms with van der Waals surface area (Å²) in [7, 11) is 0. The van der Waals surface area contributed by atoms with Gasteiger partial charge in [-0.1, -0.05) is 63.9 Å². The smallest absolute Gasteiger partial charge is 0.416 e. The van der Waals surface area contributed by atoms with E-state index in [9.17, 15) is 44.7 Å². The minimum Gasteiger partial charge on any atom is -0.478 e. The van der Waals surface area contributed by atoms with Crippen LogP contribution in [0.4, 0.5) is 40.8 Å². The molecule has 2 heterocycles. The van der Waals surface area contributed by atoms with Crippen LogP contribution in [0.5, 0.6) is 0 Å². The van der Waals surface area contributed by atoms with Crippen molar-refractivity contribution in [2.24, 2.45) is 0 Å². The normalized spacial score (nSPS) is 15.7. The second kappa shape index (κ2) is 22.4. The number of hydrogen-bond acceptors (Lipinski definition) is 7. The molecular weight excluding hydrogens is 946 g/mol. The maximum atomic E-state index is 13.7. The van der Waals surface area contributed by atoms with E-state index in [-0.39, 0.29) is 40.9 Å². The number of halogens is 10. The summed E-state index contributed by atoms with van der Waals surface area (Å²) in [6.07, 6.45) is -9.09. The molecule has 2 aliphatic heterocycles. The zero-order valence-electron chi connectivity index (χ0n) is 33.5. The van der Waals surface area contributed by atoms with E-state index in [0.717, 1.165) is 89.7 Å². The van der Waals surface area contributed by atoms with Gasteiger partial charge in [-0.25, -0.2) is 13.6 Å².